The second-order valence-electron chi connectivity index (χ2n) is 6.18. The predicted octanol–water partition coefficient (Wildman–Crippen LogP) is 1.78. The largest absolute Gasteiger partial charge is 0.497 e. The number of benzene rings is 1. The molecular weight excluding hydrogens is 280 g/mol. The van der Waals surface area contributed by atoms with E-state index in [1.165, 1.54) is 7.11 Å². The molecule has 118 valence electrons. The molecule has 1 fully saturated rings. The zero-order valence-electron chi connectivity index (χ0n) is 13.1. The van der Waals surface area contributed by atoms with Gasteiger partial charge in [0.15, 0.2) is 0 Å². The molecule has 1 aliphatic heterocycles. The average molecular weight is 302 g/mol. The molecular formula is C17H22N2O3. The average Bonchev–Trinajstić information content (AvgIpc) is 2.54. The number of fused-ring (bicyclic) bond motifs is 1. The summed E-state index contributed by atoms with van der Waals surface area (Å²) in [6.07, 6.45) is 2.56. The Morgan fingerprint density at radius 2 is 2.05 bits per heavy atom. The molecule has 1 saturated heterocycles. The third-order valence-corrected chi connectivity index (χ3v) is 5.08. The molecule has 0 aromatic heterocycles. The number of carbonyl (C=O) groups is 1. The van der Waals surface area contributed by atoms with Crippen LogP contribution in [0.4, 0.5) is 0 Å². The van der Waals surface area contributed by atoms with E-state index in [-0.39, 0.29) is 11.4 Å². The van der Waals surface area contributed by atoms with Gasteiger partial charge in [-0.2, -0.15) is 0 Å². The number of methoxy groups -OCH3 is 2. The molecule has 5 nitrogen and oxygen atoms in total. The van der Waals surface area contributed by atoms with Crippen molar-refractivity contribution in [3.05, 3.63) is 29.3 Å². The third-order valence-electron chi connectivity index (χ3n) is 5.08. The first-order valence-corrected chi connectivity index (χ1v) is 7.65. The second-order valence-corrected chi connectivity index (χ2v) is 6.18. The van der Waals surface area contributed by atoms with Gasteiger partial charge in [-0.3, -0.25) is 4.79 Å². The van der Waals surface area contributed by atoms with Crippen LogP contribution in [0, 0.1) is 16.7 Å². The minimum atomic E-state index is -0.472. The zero-order valence-corrected chi connectivity index (χ0v) is 13.1. The highest BCUT2D eigenvalue weighted by atomic mass is 16.5. The maximum absolute atomic E-state index is 12.4. The summed E-state index contributed by atoms with van der Waals surface area (Å²) < 4.78 is 10.3. The fourth-order valence-electron chi connectivity index (χ4n) is 3.92. The fourth-order valence-corrected chi connectivity index (χ4v) is 3.92. The van der Waals surface area contributed by atoms with Gasteiger partial charge in [-0.15, -0.1) is 0 Å². The van der Waals surface area contributed by atoms with Crippen molar-refractivity contribution in [1.82, 2.24) is 5.32 Å². The summed E-state index contributed by atoms with van der Waals surface area (Å²) >= 11 is 0. The first-order valence-electron chi connectivity index (χ1n) is 7.65. The van der Waals surface area contributed by atoms with Gasteiger partial charge in [0.25, 0.3) is 0 Å². The zero-order chi connectivity index (χ0) is 15.7. The molecule has 1 spiro atoms. The van der Waals surface area contributed by atoms with Gasteiger partial charge < -0.3 is 20.2 Å². The molecule has 1 heterocycles. The lowest BCUT2D eigenvalue weighted by Gasteiger charge is -2.46. The van der Waals surface area contributed by atoms with Gasteiger partial charge in [-0.25, -0.2) is 0 Å². The van der Waals surface area contributed by atoms with E-state index in [2.05, 4.69) is 5.32 Å². The van der Waals surface area contributed by atoms with E-state index in [0.717, 1.165) is 49.2 Å². The maximum Gasteiger partial charge on any atom is 0.315 e. The quantitative estimate of drug-likeness (QED) is 0.817. The molecule has 0 bridgehead atoms. The summed E-state index contributed by atoms with van der Waals surface area (Å²) in [7, 11) is 3.06. The van der Waals surface area contributed by atoms with Crippen LogP contribution in [-0.4, -0.2) is 39.0 Å². The lowest BCUT2D eigenvalue weighted by molar-refractivity contribution is -0.147. The summed E-state index contributed by atoms with van der Waals surface area (Å²) in [5, 5.41) is 11.9. The minimum absolute atomic E-state index is 0.214. The molecule has 0 saturated carbocycles. The Labute approximate surface area is 130 Å². The van der Waals surface area contributed by atoms with E-state index in [0.29, 0.717) is 5.71 Å². The highest BCUT2D eigenvalue weighted by molar-refractivity contribution is 6.12. The van der Waals surface area contributed by atoms with Gasteiger partial charge >= 0.3 is 5.97 Å². The molecule has 1 unspecified atom stereocenters. The smallest absolute Gasteiger partial charge is 0.315 e. The predicted molar refractivity (Wildman–Crippen MR) is 83.6 cm³/mol. The van der Waals surface area contributed by atoms with Crippen LogP contribution < -0.4 is 10.1 Å². The van der Waals surface area contributed by atoms with Gasteiger partial charge in [0, 0.05) is 0 Å². The summed E-state index contributed by atoms with van der Waals surface area (Å²) in [5.74, 6) is 0.0426. The second kappa shape index (κ2) is 5.72. The molecule has 0 radical (unpaired) electrons. The first kappa shape index (κ1) is 15.0. The molecule has 1 atom stereocenters. The van der Waals surface area contributed by atoms with Crippen molar-refractivity contribution in [1.29, 1.82) is 5.41 Å². The Bertz CT molecular complexity index is 606. The van der Waals surface area contributed by atoms with Crippen LogP contribution in [0.15, 0.2) is 18.2 Å². The Morgan fingerprint density at radius 1 is 1.32 bits per heavy atom. The first-order chi connectivity index (χ1) is 10.6. The van der Waals surface area contributed by atoms with E-state index < -0.39 is 5.92 Å². The Balaban J connectivity index is 2.08. The fraction of sp³-hybridized carbons (Fsp3) is 0.529. The van der Waals surface area contributed by atoms with Gasteiger partial charge in [-0.05, 0) is 67.1 Å². The monoisotopic (exact) mass is 302 g/mol. The van der Waals surface area contributed by atoms with Crippen molar-refractivity contribution in [2.45, 2.75) is 19.3 Å². The van der Waals surface area contributed by atoms with Gasteiger partial charge in [-0.1, -0.05) is 0 Å². The molecule has 2 aliphatic rings. The number of nitrogens with one attached hydrogen (secondary N) is 2. The van der Waals surface area contributed by atoms with E-state index in [1.807, 2.05) is 18.2 Å². The van der Waals surface area contributed by atoms with Crippen LogP contribution in [0.25, 0.3) is 0 Å². The number of hydrogen-bond acceptors (Lipinski definition) is 5. The highest BCUT2D eigenvalue weighted by Crippen LogP contribution is 2.47. The van der Waals surface area contributed by atoms with Crippen molar-refractivity contribution in [2.75, 3.05) is 27.3 Å². The number of hydrogen-bond donors (Lipinski definition) is 2. The SMILES string of the molecule is COC(=O)C1C(=N)c2ccc(OC)cc2CC12CCNCC2. The summed E-state index contributed by atoms with van der Waals surface area (Å²) in [6, 6.07) is 5.74. The van der Waals surface area contributed by atoms with Crippen LogP contribution in [0.3, 0.4) is 0 Å². The third kappa shape index (κ3) is 2.29. The van der Waals surface area contributed by atoms with Crippen LogP contribution in [0.5, 0.6) is 5.75 Å². The van der Waals surface area contributed by atoms with Crippen molar-refractivity contribution >= 4 is 11.7 Å². The standard InChI is InChI=1S/C17H22N2O3/c1-21-12-3-4-13-11(9-12)10-17(5-7-19-8-6-17)14(15(13)18)16(20)22-2/h3-4,9,14,18-19H,5-8,10H2,1-2H3. The number of ether oxygens (including phenoxy) is 2. The number of piperidine rings is 1. The topological polar surface area (TPSA) is 71.4 Å². The van der Waals surface area contributed by atoms with Gasteiger partial charge in [0.2, 0.25) is 0 Å². The molecule has 0 amide bonds. The molecule has 22 heavy (non-hydrogen) atoms. The van der Waals surface area contributed by atoms with Crippen LogP contribution >= 0.6 is 0 Å². The molecule has 1 aliphatic carbocycles. The van der Waals surface area contributed by atoms with Crippen molar-refractivity contribution in [2.24, 2.45) is 11.3 Å². The molecule has 5 heteroatoms. The highest BCUT2D eigenvalue weighted by Gasteiger charge is 2.50. The maximum atomic E-state index is 12.4. The Hall–Kier alpha value is -1.88. The van der Waals surface area contributed by atoms with Crippen LogP contribution in [-0.2, 0) is 16.0 Å². The van der Waals surface area contributed by atoms with Crippen molar-refractivity contribution in [3.63, 3.8) is 0 Å². The van der Waals surface area contributed by atoms with E-state index >= 15 is 0 Å². The van der Waals surface area contributed by atoms with E-state index in [9.17, 15) is 4.79 Å². The van der Waals surface area contributed by atoms with Crippen LogP contribution in [0.1, 0.15) is 24.0 Å². The van der Waals surface area contributed by atoms with Gasteiger partial charge in [0.1, 0.15) is 11.7 Å². The van der Waals surface area contributed by atoms with Gasteiger partial charge in [0.05, 0.1) is 19.9 Å². The lowest BCUT2D eigenvalue weighted by Crippen LogP contribution is -2.51. The number of rotatable bonds is 2. The summed E-state index contributed by atoms with van der Waals surface area (Å²) in [5.41, 5.74) is 2.12. The number of esters is 1. The van der Waals surface area contributed by atoms with Crippen molar-refractivity contribution < 1.29 is 14.3 Å². The molecule has 1 aromatic rings. The summed E-state index contributed by atoms with van der Waals surface area (Å²) in [4.78, 5) is 12.4. The normalized spacial score (nSPS) is 23.0. The van der Waals surface area contributed by atoms with Crippen molar-refractivity contribution in [3.8, 4) is 5.75 Å². The minimum Gasteiger partial charge on any atom is -0.497 e. The number of carbonyl (C=O) groups excluding carboxylic acids is 1. The van der Waals surface area contributed by atoms with Crippen LogP contribution in [0.2, 0.25) is 0 Å². The van der Waals surface area contributed by atoms with E-state index in [1.54, 1.807) is 7.11 Å². The Morgan fingerprint density at radius 3 is 2.68 bits per heavy atom. The molecule has 2 N–H and O–H groups in total. The molecule has 3 rings (SSSR count). The molecule has 1 aromatic carbocycles. The Kier molecular flexibility index (Phi) is 3.91. The van der Waals surface area contributed by atoms with E-state index in [4.69, 9.17) is 14.9 Å². The lowest BCUT2D eigenvalue weighted by atomic mass is 9.59. The summed E-state index contributed by atoms with van der Waals surface area (Å²) in [6.45, 7) is 1.75.